The predicted octanol–water partition coefficient (Wildman–Crippen LogP) is 2.54. The first kappa shape index (κ1) is 15.5. The predicted molar refractivity (Wildman–Crippen MR) is 78.7 cm³/mol. The molecule has 0 aliphatic rings. The molecule has 0 bridgehead atoms. The van der Waals surface area contributed by atoms with E-state index in [-0.39, 0.29) is 11.8 Å². The summed E-state index contributed by atoms with van der Waals surface area (Å²) < 4.78 is 5.44. The molecule has 0 fully saturated rings. The Kier molecular flexibility index (Phi) is 5.36. The maximum Gasteiger partial charge on any atom is 0.228 e. The third kappa shape index (κ3) is 3.26. The Balaban J connectivity index is 3.14. The lowest BCUT2D eigenvalue weighted by molar-refractivity contribution is -0.119. The van der Waals surface area contributed by atoms with Crippen LogP contribution < -0.4 is 15.8 Å². The van der Waals surface area contributed by atoms with Crippen LogP contribution in [-0.4, -0.2) is 19.6 Å². The minimum absolute atomic E-state index is 0.0466. The normalized spacial score (nSPS) is 12.1. The van der Waals surface area contributed by atoms with Crippen LogP contribution >= 0.6 is 0 Å². The first-order chi connectivity index (χ1) is 8.96. The highest BCUT2D eigenvalue weighted by molar-refractivity contribution is 5.95. The number of rotatable bonds is 5. The first-order valence-corrected chi connectivity index (χ1v) is 6.61. The Morgan fingerprint density at radius 3 is 2.47 bits per heavy atom. The number of benzene rings is 1. The Morgan fingerprint density at radius 2 is 2.00 bits per heavy atom. The van der Waals surface area contributed by atoms with Gasteiger partial charge in [0.25, 0.3) is 0 Å². The van der Waals surface area contributed by atoms with Crippen molar-refractivity contribution in [2.75, 3.05) is 19.0 Å². The van der Waals surface area contributed by atoms with Crippen molar-refractivity contribution in [2.45, 2.75) is 34.1 Å². The topological polar surface area (TPSA) is 64.4 Å². The molecule has 1 atom stereocenters. The molecule has 0 saturated carbocycles. The quantitative estimate of drug-likeness (QED) is 0.859. The highest BCUT2D eigenvalue weighted by Crippen LogP contribution is 2.34. The molecule has 1 rings (SSSR count). The number of aryl methyl sites for hydroxylation is 2. The van der Waals surface area contributed by atoms with E-state index in [1.165, 1.54) is 0 Å². The van der Waals surface area contributed by atoms with Crippen LogP contribution in [-0.2, 0) is 4.79 Å². The fraction of sp³-hybridized carbons (Fsp3) is 0.533. The molecular weight excluding hydrogens is 240 g/mol. The van der Waals surface area contributed by atoms with E-state index in [0.717, 1.165) is 34.5 Å². The SMILES string of the molecule is CCC(CN)C(=O)Nc1c(C)cc(C)c(C)c1OC. The van der Waals surface area contributed by atoms with Crippen LogP contribution in [0, 0.1) is 26.7 Å². The lowest BCUT2D eigenvalue weighted by Gasteiger charge is -2.19. The van der Waals surface area contributed by atoms with Gasteiger partial charge in [-0.05, 0) is 43.9 Å². The fourth-order valence-electron chi connectivity index (χ4n) is 2.15. The maximum atomic E-state index is 12.1. The van der Waals surface area contributed by atoms with Gasteiger partial charge in [0.15, 0.2) is 0 Å². The summed E-state index contributed by atoms with van der Waals surface area (Å²) in [7, 11) is 1.62. The van der Waals surface area contributed by atoms with E-state index in [1.807, 2.05) is 27.7 Å². The number of carbonyl (C=O) groups excluding carboxylic acids is 1. The summed E-state index contributed by atoms with van der Waals surface area (Å²) in [6, 6.07) is 2.05. The van der Waals surface area contributed by atoms with Crippen molar-refractivity contribution in [1.82, 2.24) is 0 Å². The Hall–Kier alpha value is -1.55. The van der Waals surface area contributed by atoms with Crippen molar-refractivity contribution < 1.29 is 9.53 Å². The number of ether oxygens (including phenoxy) is 1. The third-order valence-electron chi connectivity index (χ3n) is 3.59. The molecule has 0 aliphatic carbocycles. The van der Waals surface area contributed by atoms with Gasteiger partial charge in [-0.25, -0.2) is 0 Å². The van der Waals surface area contributed by atoms with Crippen LogP contribution in [0.15, 0.2) is 6.07 Å². The number of hydrogen-bond acceptors (Lipinski definition) is 3. The molecule has 4 heteroatoms. The number of methoxy groups -OCH3 is 1. The molecule has 1 aromatic rings. The molecule has 3 N–H and O–H groups in total. The summed E-state index contributed by atoms with van der Waals surface area (Å²) >= 11 is 0. The van der Waals surface area contributed by atoms with Crippen molar-refractivity contribution in [3.05, 3.63) is 22.8 Å². The number of amides is 1. The van der Waals surface area contributed by atoms with Crippen LogP contribution in [0.4, 0.5) is 5.69 Å². The van der Waals surface area contributed by atoms with Gasteiger partial charge in [-0.3, -0.25) is 4.79 Å². The molecule has 1 amide bonds. The molecule has 4 nitrogen and oxygen atoms in total. The molecule has 1 aromatic carbocycles. The van der Waals surface area contributed by atoms with Gasteiger partial charge in [-0.2, -0.15) is 0 Å². The summed E-state index contributed by atoms with van der Waals surface area (Å²) in [5.41, 5.74) is 9.56. The molecule has 0 aliphatic heterocycles. The van der Waals surface area contributed by atoms with Gasteiger partial charge in [0.1, 0.15) is 5.75 Å². The van der Waals surface area contributed by atoms with E-state index in [1.54, 1.807) is 7.11 Å². The van der Waals surface area contributed by atoms with E-state index in [4.69, 9.17) is 10.5 Å². The van der Waals surface area contributed by atoms with Crippen molar-refractivity contribution in [3.63, 3.8) is 0 Å². The van der Waals surface area contributed by atoms with E-state index in [9.17, 15) is 4.79 Å². The number of nitrogens with one attached hydrogen (secondary N) is 1. The number of anilines is 1. The van der Waals surface area contributed by atoms with Gasteiger partial charge in [-0.15, -0.1) is 0 Å². The van der Waals surface area contributed by atoms with Crippen LogP contribution in [0.5, 0.6) is 5.75 Å². The van der Waals surface area contributed by atoms with Gasteiger partial charge < -0.3 is 15.8 Å². The average Bonchev–Trinajstić information content (AvgIpc) is 2.37. The summed E-state index contributed by atoms with van der Waals surface area (Å²) in [6.07, 6.45) is 0.731. The zero-order valence-electron chi connectivity index (χ0n) is 12.5. The van der Waals surface area contributed by atoms with Crippen LogP contribution in [0.2, 0.25) is 0 Å². The summed E-state index contributed by atoms with van der Waals surface area (Å²) in [5.74, 6) is 0.526. The van der Waals surface area contributed by atoms with Gasteiger partial charge in [0.05, 0.1) is 18.7 Å². The van der Waals surface area contributed by atoms with Crippen LogP contribution in [0.1, 0.15) is 30.0 Å². The van der Waals surface area contributed by atoms with E-state index in [0.29, 0.717) is 6.54 Å². The molecule has 0 spiro atoms. The smallest absolute Gasteiger partial charge is 0.228 e. The molecule has 0 radical (unpaired) electrons. The van der Waals surface area contributed by atoms with Crippen LogP contribution in [0.25, 0.3) is 0 Å². The van der Waals surface area contributed by atoms with Gasteiger partial charge in [0, 0.05) is 6.54 Å². The zero-order chi connectivity index (χ0) is 14.6. The van der Waals surface area contributed by atoms with Gasteiger partial charge in [0.2, 0.25) is 5.91 Å². The lowest BCUT2D eigenvalue weighted by Crippen LogP contribution is -2.29. The lowest BCUT2D eigenvalue weighted by atomic mass is 10.0. The minimum Gasteiger partial charge on any atom is -0.494 e. The van der Waals surface area contributed by atoms with Crippen molar-refractivity contribution >= 4 is 11.6 Å². The second-order valence-corrected chi connectivity index (χ2v) is 4.87. The Morgan fingerprint density at radius 1 is 1.37 bits per heavy atom. The van der Waals surface area contributed by atoms with E-state index < -0.39 is 0 Å². The summed E-state index contributed by atoms with van der Waals surface area (Å²) in [4.78, 5) is 12.1. The maximum absolute atomic E-state index is 12.1. The Labute approximate surface area is 115 Å². The molecule has 1 unspecified atom stereocenters. The minimum atomic E-state index is -0.161. The molecular formula is C15H24N2O2. The number of carbonyl (C=O) groups is 1. The summed E-state index contributed by atoms with van der Waals surface area (Å²) in [5, 5.41) is 2.96. The van der Waals surface area contributed by atoms with Gasteiger partial charge in [-0.1, -0.05) is 13.0 Å². The second-order valence-electron chi connectivity index (χ2n) is 4.87. The first-order valence-electron chi connectivity index (χ1n) is 6.61. The molecule has 0 aromatic heterocycles. The van der Waals surface area contributed by atoms with Gasteiger partial charge >= 0.3 is 0 Å². The second kappa shape index (κ2) is 6.57. The van der Waals surface area contributed by atoms with Crippen molar-refractivity contribution in [3.8, 4) is 5.75 Å². The highest BCUT2D eigenvalue weighted by atomic mass is 16.5. The molecule has 106 valence electrons. The monoisotopic (exact) mass is 264 g/mol. The third-order valence-corrected chi connectivity index (χ3v) is 3.59. The standard InChI is InChI=1S/C15H24N2O2/c1-6-12(8-16)15(18)17-13-10(3)7-9(2)11(4)14(13)19-5/h7,12H,6,8,16H2,1-5H3,(H,17,18). The summed E-state index contributed by atoms with van der Waals surface area (Å²) in [6.45, 7) is 8.30. The molecule has 0 saturated heterocycles. The fourth-order valence-corrected chi connectivity index (χ4v) is 2.15. The number of nitrogens with two attached hydrogens (primary N) is 1. The van der Waals surface area contributed by atoms with E-state index in [2.05, 4.69) is 11.4 Å². The van der Waals surface area contributed by atoms with E-state index >= 15 is 0 Å². The molecule has 19 heavy (non-hydrogen) atoms. The van der Waals surface area contributed by atoms with Crippen LogP contribution in [0.3, 0.4) is 0 Å². The van der Waals surface area contributed by atoms with Crippen molar-refractivity contribution in [1.29, 1.82) is 0 Å². The number of hydrogen-bond donors (Lipinski definition) is 2. The highest BCUT2D eigenvalue weighted by Gasteiger charge is 2.19. The zero-order valence-corrected chi connectivity index (χ0v) is 12.5. The Bertz CT molecular complexity index is 466. The average molecular weight is 264 g/mol. The van der Waals surface area contributed by atoms with Crippen molar-refractivity contribution in [2.24, 2.45) is 11.7 Å². The molecule has 0 heterocycles. The largest absolute Gasteiger partial charge is 0.494 e.